The molecule has 1 aliphatic heterocycles. The molecule has 1 aromatic heterocycles. The molecule has 0 unspecified atom stereocenters. The number of nitrogens with zero attached hydrogens (tertiary/aromatic N) is 3. The molecule has 2 heterocycles. The monoisotopic (exact) mass is 298 g/mol. The summed E-state index contributed by atoms with van der Waals surface area (Å²) in [6, 6.07) is 10.1. The highest BCUT2D eigenvalue weighted by atomic mass is 16.6. The van der Waals surface area contributed by atoms with Crippen molar-refractivity contribution >= 4 is 28.8 Å². The largest absolute Gasteiger partial charge is 0.334 e. The van der Waals surface area contributed by atoms with Crippen LogP contribution in [0.2, 0.25) is 0 Å². The standard InChI is InChI=1S/C15H14N4O3/c20-14-7-3-9-18(14)12-5-1-4-11(10-12)17-15-13(19(21)22)6-2-8-16-15/h1-2,4-6,8,10H,3,7,9H2,(H,16,17). The first-order valence-corrected chi connectivity index (χ1v) is 6.92. The van der Waals surface area contributed by atoms with Gasteiger partial charge in [-0.25, -0.2) is 4.98 Å². The molecule has 1 aliphatic rings. The molecular weight excluding hydrogens is 284 g/mol. The van der Waals surface area contributed by atoms with E-state index >= 15 is 0 Å². The predicted octanol–water partition coefficient (Wildman–Crippen LogP) is 2.86. The van der Waals surface area contributed by atoms with Gasteiger partial charge in [-0.2, -0.15) is 0 Å². The number of hydrogen-bond donors (Lipinski definition) is 1. The van der Waals surface area contributed by atoms with Crippen LogP contribution in [0.25, 0.3) is 0 Å². The van der Waals surface area contributed by atoms with Crippen molar-refractivity contribution in [2.24, 2.45) is 0 Å². The van der Waals surface area contributed by atoms with Crippen molar-refractivity contribution in [3.63, 3.8) is 0 Å². The van der Waals surface area contributed by atoms with Crippen LogP contribution in [0, 0.1) is 10.1 Å². The molecule has 7 heteroatoms. The first-order chi connectivity index (χ1) is 10.6. The molecule has 22 heavy (non-hydrogen) atoms. The molecule has 1 saturated heterocycles. The third kappa shape index (κ3) is 2.73. The average Bonchev–Trinajstić information content (AvgIpc) is 2.94. The molecule has 0 radical (unpaired) electrons. The number of aromatic nitrogens is 1. The zero-order chi connectivity index (χ0) is 15.5. The highest BCUT2D eigenvalue weighted by Gasteiger charge is 2.22. The lowest BCUT2D eigenvalue weighted by Crippen LogP contribution is -2.23. The molecular formula is C15H14N4O3. The van der Waals surface area contributed by atoms with Crippen LogP contribution < -0.4 is 10.2 Å². The van der Waals surface area contributed by atoms with E-state index in [9.17, 15) is 14.9 Å². The number of hydrogen-bond acceptors (Lipinski definition) is 5. The van der Waals surface area contributed by atoms with E-state index in [-0.39, 0.29) is 17.4 Å². The van der Waals surface area contributed by atoms with Gasteiger partial charge in [0.2, 0.25) is 11.7 Å². The van der Waals surface area contributed by atoms with Crippen molar-refractivity contribution in [1.29, 1.82) is 0 Å². The summed E-state index contributed by atoms with van der Waals surface area (Å²) in [4.78, 5) is 28.0. The van der Waals surface area contributed by atoms with Gasteiger partial charge >= 0.3 is 5.69 Å². The fourth-order valence-electron chi connectivity index (χ4n) is 2.45. The number of nitrogens with one attached hydrogen (secondary N) is 1. The fourth-order valence-corrected chi connectivity index (χ4v) is 2.45. The highest BCUT2D eigenvalue weighted by Crippen LogP contribution is 2.28. The molecule has 112 valence electrons. The predicted molar refractivity (Wildman–Crippen MR) is 82.2 cm³/mol. The minimum absolute atomic E-state index is 0.0925. The summed E-state index contributed by atoms with van der Waals surface area (Å²) in [7, 11) is 0. The number of carbonyl (C=O) groups is 1. The molecule has 7 nitrogen and oxygen atoms in total. The van der Waals surface area contributed by atoms with Crippen molar-refractivity contribution < 1.29 is 9.72 Å². The van der Waals surface area contributed by atoms with Crippen LogP contribution in [0.15, 0.2) is 42.6 Å². The maximum atomic E-state index is 11.8. The van der Waals surface area contributed by atoms with E-state index in [2.05, 4.69) is 10.3 Å². The Kier molecular flexibility index (Phi) is 3.69. The van der Waals surface area contributed by atoms with E-state index in [0.717, 1.165) is 12.1 Å². The van der Waals surface area contributed by atoms with Gasteiger partial charge in [-0.05, 0) is 30.7 Å². The van der Waals surface area contributed by atoms with E-state index in [1.54, 1.807) is 23.1 Å². The van der Waals surface area contributed by atoms with Gasteiger partial charge in [0.1, 0.15) is 0 Å². The first-order valence-electron chi connectivity index (χ1n) is 6.92. The van der Waals surface area contributed by atoms with Gasteiger partial charge in [-0.15, -0.1) is 0 Å². The second kappa shape index (κ2) is 5.80. The molecule has 1 N–H and O–H groups in total. The minimum Gasteiger partial charge on any atom is -0.334 e. The van der Waals surface area contributed by atoms with E-state index in [4.69, 9.17) is 0 Å². The van der Waals surface area contributed by atoms with Gasteiger partial charge in [0.05, 0.1) is 4.92 Å². The Morgan fingerprint density at radius 1 is 1.27 bits per heavy atom. The number of rotatable bonds is 4. The summed E-state index contributed by atoms with van der Waals surface area (Å²) in [6.07, 6.45) is 2.90. The number of benzene rings is 1. The molecule has 1 fully saturated rings. The third-order valence-electron chi connectivity index (χ3n) is 3.48. The van der Waals surface area contributed by atoms with Gasteiger partial charge in [-0.3, -0.25) is 14.9 Å². The Labute approximate surface area is 126 Å². The average molecular weight is 298 g/mol. The van der Waals surface area contributed by atoms with Crippen LogP contribution in [0.3, 0.4) is 0 Å². The van der Waals surface area contributed by atoms with Crippen LogP contribution in [-0.4, -0.2) is 22.4 Å². The SMILES string of the molecule is O=C1CCCN1c1cccc(Nc2ncccc2[N+](=O)[O-])c1. The van der Waals surface area contributed by atoms with Crippen molar-refractivity contribution in [1.82, 2.24) is 4.98 Å². The molecule has 0 bridgehead atoms. The molecule has 0 aliphatic carbocycles. The van der Waals surface area contributed by atoms with Gasteiger partial charge in [0.15, 0.2) is 0 Å². The first kappa shape index (κ1) is 14.0. The van der Waals surface area contributed by atoms with Crippen LogP contribution >= 0.6 is 0 Å². The van der Waals surface area contributed by atoms with E-state index in [1.807, 2.05) is 6.07 Å². The third-order valence-corrected chi connectivity index (χ3v) is 3.48. The summed E-state index contributed by atoms with van der Waals surface area (Å²) in [6.45, 7) is 0.700. The maximum Gasteiger partial charge on any atom is 0.311 e. The van der Waals surface area contributed by atoms with E-state index < -0.39 is 4.92 Å². The molecule has 1 aromatic carbocycles. The molecule has 0 spiro atoms. The molecule has 0 saturated carbocycles. The summed E-state index contributed by atoms with van der Waals surface area (Å²) >= 11 is 0. The lowest BCUT2D eigenvalue weighted by atomic mass is 10.2. The summed E-state index contributed by atoms with van der Waals surface area (Å²) in [5.41, 5.74) is 1.34. The van der Waals surface area contributed by atoms with Gasteiger partial charge in [0.25, 0.3) is 0 Å². The number of pyridine rings is 1. The highest BCUT2D eigenvalue weighted by molar-refractivity contribution is 5.95. The van der Waals surface area contributed by atoms with E-state index in [1.165, 1.54) is 18.3 Å². The Bertz CT molecular complexity index is 732. The molecule has 1 amide bonds. The topological polar surface area (TPSA) is 88.4 Å². The normalized spacial score (nSPS) is 14.2. The molecule has 0 atom stereocenters. The Morgan fingerprint density at radius 3 is 2.86 bits per heavy atom. The van der Waals surface area contributed by atoms with Crippen LogP contribution in [0.5, 0.6) is 0 Å². The molecule has 3 rings (SSSR count). The van der Waals surface area contributed by atoms with Crippen LogP contribution in [0.4, 0.5) is 22.9 Å². The smallest absolute Gasteiger partial charge is 0.311 e. The van der Waals surface area contributed by atoms with Gasteiger partial charge in [-0.1, -0.05) is 6.07 Å². The number of anilines is 3. The van der Waals surface area contributed by atoms with E-state index in [0.29, 0.717) is 18.7 Å². The summed E-state index contributed by atoms with van der Waals surface area (Å²) in [5, 5.41) is 13.9. The fraction of sp³-hybridized carbons (Fsp3) is 0.200. The second-order valence-electron chi connectivity index (χ2n) is 4.95. The number of nitro groups is 1. The van der Waals surface area contributed by atoms with Crippen molar-refractivity contribution in [2.45, 2.75) is 12.8 Å². The van der Waals surface area contributed by atoms with Crippen molar-refractivity contribution in [2.75, 3.05) is 16.8 Å². The summed E-state index contributed by atoms with van der Waals surface area (Å²) in [5.74, 6) is 0.276. The lowest BCUT2D eigenvalue weighted by Gasteiger charge is -2.16. The Balaban J connectivity index is 1.87. The number of carbonyl (C=O) groups excluding carboxylic acids is 1. The van der Waals surface area contributed by atoms with Crippen LogP contribution in [0.1, 0.15) is 12.8 Å². The lowest BCUT2D eigenvalue weighted by molar-refractivity contribution is -0.384. The van der Waals surface area contributed by atoms with Gasteiger partial charge in [0, 0.05) is 36.6 Å². The Hall–Kier alpha value is -2.96. The van der Waals surface area contributed by atoms with Crippen LogP contribution in [-0.2, 0) is 4.79 Å². The zero-order valence-corrected chi connectivity index (χ0v) is 11.7. The Morgan fingerprint density at radius 2 is 2.14 bits per heavy atom. The maximum absolute atomic E-state index is 11.8. The van der Waals surface area contributed by atoms with Crippen molar-refractivity contribution in [3.05, 3.63) is 52.7 Å². The van der Waals surface area contributed by atoms with Gasteiger partial charge < -0.3 is 10.2 Å². The minimum atomic E-state index is -0.483. The van der Waals surface area contributed by atoms with Crippen molar-refractivity contribution in [3.8, 4) is 0 Å². The second-order valence-corrected chi connectivity index (χ2v) is 4.95. The quantitative estimate of drug-likeness (QED) is 0.692. The zero-order valence-electron chi connectivity index (χ0n) is 11.7. The summed E-state index contributed by atoms with van der Waals surface area (Å²) < 4.78 is 0. The molecule has 2 aromatic rings. The number of amides is 1.